The van der Waals surface area contributed by atoms with Gasteiger partial charge in [-0.1, -0.05) is 62.4 Å². The van der Waals surface area contributed by atoms with Crippen LogP contribution in [0, 0.1) is 17.8 Å². The standard InChI is InChI=1S/C37H41N7O4/c1-19(2)33(42-37(47)48)36(46)44-27-12-21(13-27)14-31(44)34-38-17-28(40-34)24-8-4-22(5-9-24)23-6-10-25(11-7-23)29-18-39-35(41-29)32-16-26-15-30(26)43(32)20(3)45/h4-11,17-19,21,26-27,30-33,42H,12-16H2,1-3H3,(H,38,40)(H,39,41)(H,47,48)/t21?,26-,27?,30+,31-,32-,33-/m0/s1. The van der Waals surface area contributed by atoms with Crippen LogP contribution in [0.5, 0.6) is 0 Å². The summed E-state index contributed by atoms with van der Waals surface area (Å²) >= 11 is 0. The van der Waals surface area contributed by atoms with Gasteiger partial charge in [-0.15, -0.1) is 0 Å². The zero-order valence-electron chi connectivity index (χ0n) is 27.4. The Bertz CT molecular complexity index is 1860. The number of amides is 3. The molecule has 2 aromatic carbocycles. The van der Waals surface area contributed by atoms with Crippen molar-refractivity contribution in [2.75, 3.05) is 0 Å². The fourth-order valence-electron chi connectivity index (χ4n) is 8.32. The molecule has 2 aromatic heterocycles. The molecule has 2 aliphatic carbocycles. The van der Waals surface area contributed by atoms with Crippen LogP contribution in [0.25, 0.3) is 33.6 Å². The van der Waals surface area contributed by atoms with Gasteiger partial charge in [0.25, 0.3) is 0 Å². The Morgan fingerprint density at radius 2 is 1.29 bits per heavy atom. The molecule has 0 spiro atoms. The van der Waals surface area contributed by atoms with Crippen molar-refractivity contribution in [3.8, 4) is 33.6 Å². The molecular weight excluding hydrogens is 606 g/mol. The molecule has 5 fully saturated rings. The van der Waals surface area contributed by atoms with Crippen molar-refractivity contribution in [3.63, 3.8) is 0 Å². The topological polar surface area (TPSA) is 147 Å². The number of imidazole rings is 2. The van der Waals surface area contributed by atoms with Gasteiger partial charge in [0.1, 0.15) is 17.7 Å². The van der Waals surface area contributed by atoms with Crippen molar-refractivity contribution >= 4 is 17.9 Å². The maximum atomic E-state index is 13.7. The molecule has 48 heavy (non-hydrogen) atoms. The van der Waals surface area contributed by atoms with Crippen LogP contribution in [-0.2, 0) is 9.59 Å². The van der Waals surface area contributed by atoms with Crippen molar-refractivity contribution in [3.05, 3.63) is 72.6 Å². The van der Waals surface area contributed by atoms with Gasteiger partial charge in [-0.25, -0.2) is 14.8 Å². The first-order valence-corrected chi connectivity index (χ1v) is 17.1. The van der Waals surface area contributed by atoms with E-state index >= 15 is 0 Å². The molecule has 11 heteroatoms. The first kappa shape index (κ1) is 30.4. The lowest BCUT2D eigenvalue weighted by atomic mass is 9.70. The van der Waals surface area contributed by atoms with E-state index in [0.717, 1.165) is 77.4 Å². The first-order chi connectivity index (χ1) is 23.1. The number of piperidine rings is 3. The molecule has 4 N–H and O–H groups in total. The van der Waals surface area contributed by atoms with Gasteiger partial charge < -0.3 is 30.2 Å². The van der Waals surface area contributed by atoms with E-state index < -0.39 is 12.1 Å². The number of H-pyrrole nitrogens is 2. The van der Waals surface area contributed by atoms with Crippen LogP contribution < -0.4 is 5.32 Å². The monoisotopic (exact) mass is 647 g/mol. The Labute approximate surface area is 279 Å². The van der Waals surface area contributed by atoms with E-state index in [-0.39, 0.29) is 35.9 Å². The van der Waals surface area contributed by atoms with Crippen LogP contribution in [0.2, 0.25) is 0 Å². The highest BCUT2D eigenvalue weighted by atomic mass is 16.4. The summed E-state index contributed by atoms with van der Waals surface area (Å²) in [5.41, 5.74) is 5.84. The van der Waals surface area contributed by atoms with Crippen LogP contribution in [0.1, 0.15) is 76.6 Å². The Balaban J connectivity index is 0.958. The number of aromatic nitrogens is 4. The highest BCUT2D eigenvalue weighted by molar-refractivity contribution is 5.86. The molecule has 9 rings (SSSR count). The fourth-order valence-corrected chi connectivity index (χ4v) is 8.32. The smallest absolute Gasteiger partial charge is 0.405 e. The highest BCUT2D eigenvalue weighted by Gasteiger charge is 2.54. The molecule has 3 amide bonds. The van der Waals surface area contributed by atoms with Crippen LogP contribution in [0.15, 0.2) is 60.9 Å². The number of benzene rings is 2. The SMILES string of the molecule is CC(=O)N1[C@@H]2C[C@H]2C[C@H]1c1nc(-c2ccc(-c3ccc(-c4c[nH]c([C@@H]5CC6CC(C6)N5C(=O)[C@@H](NC(=O)O)C(C)C)n4)cc3)cc2)c[nH]1. The average Bonchev–Trinajstić information content (AvgIpc) is 3.45. The molecule has 4 aromatic rings. The molecular formula is C37H41N7O4. The van der Waals surface area contributed by atoms with E-state index in [1.54, 1.807) is 6.92 Å². The lowest BCUT2D eigenvalue weighted by Gasteiger charge is -2.54. The Morgan fingerprint density at radius 1 is 0.771 bits per heavy atom. The Morgan fingerprint density at radius 3 is 1.79 bits per heavy atom. The van der Waals surface area contributed by atoms with E-state index in [1.165, 1.54) is 0 Å². The zero-order chi connectivity index (χ0) is 33.3. The van der Waals surface area contributed by atoms with Crippen LogP contribution in [0.3, 0.4) is 0 Å². The number of fused-ring (bicyclic) bond motifs is 3. The minimum Gasteiger partial charge on any atom is -0.465 e. The molecule has 5 aliphatic rings. The number of hydrogen-bond donors (Lipinski definition) is 4. The van der Waals surface area contributed by atoms with Gasteiger partial charge in [0, 0.05) is 42.5 Å². The average molecular weight is 648 g/mol. The number of carboxylic acid groups (broad SMARTS) is 1. The maximum Gasteiger partial charge on any atom is 0.405 e. The third-order valence-corrected chi connectivity index (χ3v) is 11.0. The molecule has 0 radical (unpaired) electrons. The van der Waals surface area contributed by atoms with Gasteiger partial charge in [0.05, 0.1) is 23.5 Å². The largest absolute Gasteiger partial charge is 0.465 e. The third-order valence-electron chi connectivity index (χ3n) is 11.0. The number of rotatable bonds is 8. The lowest BCUT2D eigenvalue weighted by molar-refractivity contribution is -0.151. The Hall–Kier alpha value is -4.93. The summed E-state index contributed by atoms with van der Waals surface area (Å²) in [7, 11) is 0. The normalized spacial score (nSPS) is 26.2. The van der Waals surface area contributed by atoms with Gasteiger partial charge in [0.2, 0.25) is 11.8 Å². The first-order valence-electron chi connectivity index (χ1n) is 17.1. The quantitative estimate of drug-likeness (QED) is 0.180. The fraction of sp³-hybridized carbons (Fsp3) is 0.432. The number of likely N-dealkylation sites (tertiary alicyclic amines) is 1. The van der Waals surface area contributed by atoms with Crippen LogP contribution >= 0.6 is 0 Å². The van der Waals surface area contributed by atoms with E-state index in [9.17, 15) is 19.5 Å². The molecule has 248 valence electrons. The second-order valence-electron chi connectivity index (χ2n) is 14.4. The lowest BCUT2D eigenvalue weighted by Crippen LogP contribution is -2.61. The summed E-state index contributed by atoms with van der Waals surface area (Å²) in [6.45, 7) is 5.38. The molecule has 3 aliphatic heterocycles. The summed E-state index contributed by atoms with van der Waals surface area (Å²) < 4.78 is 0. The van der Waals surface area contributed by atoms with Gasteiger partial charge >= 0.3 is 6.09 Å². The number of nitrogens with zero attached hydrogens (tertiary/aromatic N) is 4. The summed E-state index contributed by atoms with van der Waals surface area (Å²) in [5, 5.41) is 11.8. The summed E-state index contributed by atoms with van der Waals surface area (Å²) in [5.74, 6) is 2.55. The highest BCUT2D eigenvalue weighted by Crippen LogP contribution is 2.53. The summed E-state index contributed by atoms with van der Waals surface area (Å²) in [6.07, 6.45) is 7.47. The van der Waals surface area contributed by atoms with Crippen molar-refractivity contribution in [2.45, 2.75) is 83.1 Å². The second kappa shape index (κ2) is 11.6. The molecule has 5 heterocycles. The number of hydrogen-bond acceptors (Lipinski definition) is 5. The van der Waals surface area contributed by atoms with Gasteiger partial charge in [-0.05, 0) is 61.0 Å². The van der Waals surface area contributed by atoms with Crippen LogP contribution in [0.4, 0.5) is 4.79 Å². The zero-order valence-corrected chi connectivity index (χ0v) is 27.4. The summed E-state index contributed by atoms with van der Waals surface area (Å²) in [4.78, 5) is 57.8. The van der Waals surface area contributed by atoms with Crippen molar-refractivity contribution in [1.82, 2.24) is 35.1 Å². The second-order valence-corrected chi connectivity index (χ2v) is 14.4. The minimum absolute atomic E-state index is 0.0384. The predicted octanol–water partition coefficient (Wildman–Crippen LogP) is 6.16. The van der Waals surface area contributed by atoms with Crippen LogP contribution in [-0.4, -0.2) is 70.9 Å². The van der Waals surface area contributed by atoms with Crippen molar-refractivity contribution in [2.24, 2.45) is 17.8 Å². The minimum atomic E-state index is -1.19. The molecule has 5 atom stereocenters. The molecule has 0 unspecified atom stereocenters. The van der Waals surface area contributed by atoms with E-state index in [0.29, 0.717) is 17.9 Å². The molecule has 11 nitrogen and oxygen atoms in total. The summed E-state index contributed by atoms with van der Waals surface area (Å²) in [6, 6.07) is 16.2. The molecule has 2 saturated carbocycles. The molecule has 3 saturated heterocycles. The maximum absolute atomic E-state index is 13.7. The number of nitrogens with one attached hydrogen (secondary N) is 3. The molecule has 2 bridgehead atoms. The number of carbonyl (C=O) groups is 3. The van der Waals surface area contributed by atoms with E-state index in [1.807, 2.05) is 36.0 Å². The van der Waals surface area contributed by atoms with Gasteiger partial charge in [-0.3, -0.25) is 9.59 Å². The third kappa shape index (κ3) is 5.35. The predicted molar refractivity (Wildman–Crippen MR) is 179 cm³/mol. The van der Waals surface area contributed by atoms with Crippen molar-refractivity contribution < 1.29 is 19.5 Å². The number of carbonyl (C=O) groups excluding carboxylic acids is 2. The number of aromatic amines is 2. The van der Waals surface area contributed by atoms with Crippen molar-refractivity contribution in [1.29, 1.82) is 0 Å². The Kier molecular flexibility index (Phi) is 7.38. The van der Waals surface area contributed by atoms with Gasteiger partial charge in [0.15, 0.2) is 0 Å². The van der Waals surface area contributed by atoms with E-state index in [2.05, 4.69) is 63.8 Å². The van der Waals surface area contributed by atoms with E-state index in [4.69, 9.17) is 9.97 Å². The van der Waals surface area contributed by atoms with Gasteiger partial charge in [-0.2, -0.15) is 0 Å².